The minimum atomic E-state index is -0.211. The van der Waals surface area contributed by atoms with Crippen LogP contribution in [0.5, 0.6) is 0 Å². The molecule has 0 saturated carbocycles. The molecule has 1 aromatic carbocycles. The summed E-state index contributed by atoms with van der Waals surface area (Å²) in [4.78, 5) is 21.4. The number of rotatable bonds is 6. The van der Waals surface area contributed by atoms with E-state index < -0.39 is 0 Å². The average Bonchev–Trinajstić information content (AvgIpc) is 3.37. The van der Waals surface area contributed by atoms with Gasteiger partial charge < -0.3 is 5.32 Å². The Kier molecular flexibility index (Phi) is 4.61. The average molecular weight is 361 g/mol. The van der Waals surface area contributed by atoms with Gasteiger partial charge >= 0.3 is 0 Å². The van der Waals surface area contributed by atoms with Gasteiger partial charge in [-0.05, 0) is 18.1 Å². The molecule has 0 bridgehead atoms. The fourth-order valence-corrected chi connectivity index (χ4v) is 2.88. The van der Waals surface area contributed by atoms with Crippen molar-refractivity contribution >= 4 is 11.7 Å². The number of carbonyl (C=O) groups is 1. The minimum Gasteiger partial charge on any atom is -0.350 e. The van der Waals surface area contributed by atoms with Crippen molar-refractivity contribution in [2.75, 3.05) is 6.54 Å². The molecule has 0 saturated heterocycles. The number of carbonyl (C=O) groups excluding carboxylic acids is 1. The number of hydrogen-bond acceptors (Lipinski definition) is 5. The summed E-state index contributed by atoms with van der Waals surface area (Å²) in [6, 6.07) is 13.3. The molecule has 4 aromatic rings. The lowest BCUT2D eigenvalue weighted by molar-refractivity contribution is 0.0939. The van der Waals surface area contributed by atoms with Gasteiger partial charge in [0.05, 0.1) is 5.69 Å². The van der Waals surface area contributed by atoms with Crippen LogP contribution in [0.15, 0.2) is 61.2 Å². The SMILES string of the molecule is C[C@@H](CNC(=O)c1cc(-c2ccccc2)nc2ncnn12)Cn1cccn1. The molecular formula is C19H19N7O. The summed E-state index contributed by atoms with van der Waals surface area (Å²) in [5, 5.41) is 11.3. The zero-order chi connectivity index (χ0) is 18.6. The molecule has 0 aliphatic rings. The van der Waals surface area contributed by atoms with Crippen LogP contribution in [-0.2, 0) is 6.54 Å². The standard InChI is InChI=1S/C19H19N7O/c1-14(12-25-9-5-8-22-25)11-20-18(27)17-10-16(15-6-3-2-4-7-15)24-19-21-13-23-26(17)19/h2-10,13-14H,11-12H2,1H3,(H,20,27)/t14-/m0/s1. The molecule has 1 atom stereocenters. The number of benzene rings is 1. The van der Waals surface area contributed by atoms with E-state index in [0.29, 0.717) is 23.7 Å². The highest BCUT2D eigenvalue weighted by Crippen LogP contribution is 2.18. The molecule has 27 heavy (non-hydrogen) atoms. The highest BCUT2D eigenvalue weighted by molar-refractivity contribution is 5.94. The van der Waals surface area contributed by atoms with E-state index in [1.165, 1.54) is 10.8 Å². The summed E-state index contributed by atoms with van der Waals surface area (Å²) < 4.78 is 3.31. The van der Waals surface area contributed by atoms with Gasteiger partial charge in [0.25, 0.3) is 11.7 Å². The number of nitrogens with zero attached hydrogens (tertiary/aromatic N) is 6. The second-order valence-electron chi connectivity index (χ2n) is 6.41. The Hall–Kier alpha value is -3.55. The largest absolute Gasteiger partial charge is 0.350 e. The molecule has 0 spiro atoms. The lowest BCUT2D eigenvalue weighted by Crippen LogP contribution is -2.31. The van der Waals surface area contributed by atoms with E-state index >= 15 is 0 Å². The lowest BCUT2D eigenvalue weighted by atomic mass is 10.1. The third-order valence-corrected chi connectivity index (χ3v) is 4.22. The topological polar surface area (TPSA) is 90.0 Å². The van der Waals surface area contributed by atoms with Crippen LogP contribution >= 0.6 is 0 Å². The van der Waals surface area contributed by atoms with Crippen LogP contribution in [0.3, 0.4) is 0 Å². The van der Waals surface area contributed by atoms with Gasteiger partial charge in [-0.1, -0.05) is 37.3 Å². The monoisotopic (exact) mass is 361 g/mol. The third kappa shape index (κ3) is 3.69. The highest BCUT2D eigenvalue weighted by atomic mass is 16.2. The van der Waals surface area contributed by atoms with Gasteiger partial charge in [-0.25, -0.2) is 4.98 Å². The van der Waals surface area contributed by atoms with Crippen LogP contribution in [0.25, 0.3) is 17.0 Å². The van der Waals surface area contributed by atoms with E-state index in [0.717, 1.165) is 12.1 Å². The Morgan fingerprint density at radius 3 is 2.81 bits per heavy atom. The molecule has 0 radical (unpaired) electrons. The van der Waals surface area contributed by atoms with Crippen LogP contribution in [0.2, 0.25) is 0 Å². The van der Waals surface area contributed by atoms with Gasteiger partial charge in [0.2, 0.25) is 0 Å². The molecule has 136 valence electrons. The van der Waals surface area contributed by atoms with Gasteiger partial charge in [0, 0.05) is 31.0 Å². The van der Waals surface area contributed by atoms with Gasteiger partial charge in [0.1, 0.15) is 12.0 Å². The van der Waals surface area contributed by atoms with Crippen molar-refractivity contribution < 1.29 is 4.79 Å². The summed E-state index contributed by atoms with van der Waals surface area (Å²) in [5.74, 6) is 0.416. The second-order valence-corrected chi connectivity index (χ2v) is 6.41. The van der Waals surface area contributed by atoms with Crippen molar-refractivity contribution in [3.05, 3.63) is 66.9 Å². The van der Waals surface area contributed by atoms with Crippen LogP contribution in [0.4, 0.5) is 0 Å². The third-order valence-electron chi connectivity index (χ3n) is 4.22. The Morgan fingerprint density at radius 2 is 2.04 bits per heavy atom. The molecule has 0 aliphatic carbocycles. The predicted molar refractivity (Wildman–Crippen MR) is 99.9 cm³/mol. The first-order chi connectivity index (χ1) is 13.2. The quantitative estimate of drug-likeness (QED) is 0.568. The van der Waals surface area contributed by atoms with E-state index in [1.807, 2.05) is 47.3 Å². The Labute approximate surface area is 155 Å². The lowest BCUT2D eigenvalue weighted by Gasteiger charge is -2.13. The molecule has 1 N–H and O–H groups in total. The van der Waals surface area contributed by atoms with Gasteiger partial charge in [-0.3, -0.25) is 9.48 Å². The number of fused-ring (bicyclic) bond motifs is 1. The van der Waals surface area contributed by atoms with Crippen molar-refractivity contribution in [3.8, 4) is 11.3 Å². The maximum atomic E-state index is 12.8. The highest BCUT2D eigenvalue weighted by Gasteiger charge is 2.16. The maximum absolute atomic E-state index is 12.8. The molecule has 3 heterocycles. The summed E-state index contributed by atoms with van der Waals surface area (Å²) >= 11 is 0. The first kappa shape index (κ1) is 16.9. The van der Waals surface area contributed by atoms with E-state index in [1.54, 1.807) is 12.3 Å². The Bertz CT molecular complexity index is 1040. The zero-order valence-electron chi connectivity index (χ0n) is 14.9. The van der Waals surface area contributed by atoms with Crippen molar-refractivity contribution in [2.24, 2.45) is 5.92 Å². The summed E-state index contributed by atoms with van der Waals surface area (Å²) in [6.07, 6.45) is 5.05. The van der Waals surface area contributed by atoms with E-state index in [4.69, 9.17) is 0 Å². The second kappa shape index (κ2) is 7.36. The van der Waals surface area contributed by atoms with Crippen LogP contribution in [0, 0.1) is 5.92 Å². The summed E-state index contributed by atoms with van der Waals surface area (Å²) in [7, 11) is 0. The normalized spacial score (nSPS) is 12.2. The number of nitrogens with one attached hydrogen (secondary N) is 1. The predicted octanol–water partition coefficient (Wildman–Crippen LogP) is 2.05. The first-order valence-corrected chi connectivity index (χ1v) is 8.72. The fraction of sp³-hybridized carbons (Fsp3) is 0.211. The van der Waals surface area contributed by atoms with E-state index in [2.05, 4.69) is 32.4 Å². The van der Waals surface area contributed by atoms with Crippen molar-refractivity contribution in [1.82, 2.24) is 34.7 Å². The molecule has 3 aromatic heterocycles. The fourth-order valence-electron chi connectivity index (χ4n) is 2.88. The number of hydrogen-bond donors (Lipinski definition) is 1. The minimum absolute atomic E-state index is 0.211. The summed E-state index contributed by atoms with van der Waals surface area (Å²) in [6.45, 7) is 3.32. The van der Waals surface area contributed by atoms with Crippen molar-refractivity contribution in [2.45, 2.75) is 13.5 Å². The molecule has 8 heteroatoms. The van der Waals surface area contributed by atoms with Gasteiger partial charge in [0.15, 0.2) is 0 Å². The molecular weight excluding hydrogens is 342 g/mol. The molecule has 4 rings (SSSR count). The van der Waals surface area contributed by atoms with E-state index in [-0.39, 0.29) is 11.8 Å². The Balaban J connectivity index is 1.55. The Morgan fingerprint density at radius 1 is 1.19 bits per heavy atom. The van der Waals surface area contributed by atoms with Crippen LogP contribution < -0.4 is 5.32 Å². The molecule has 0 fully saturated rings. The maximum Gasteiger partial charge on any atom is 0.270 e. The molecule has 8 nitrogen and oxygen atoms in total. The number of aromatic nitrogens is 6. The summed E-state index contributed by atoms with van der Waals surface area (Å²) in [5.41, 5.74) is 2.01. The smallest absolute Gasteiger partial charge is 0.270 e. The van der Waals surface area contributed by atoms with Gasteiger partial charge in [-0.2, -0.15) is 19.7 Å². The molecule has 1 amide bonds. The molecule has 0 unspecified atom stereocenters. The zero-order valence-corrected chi connectivity index (χ0v) is 14.9. The first-order valence-electron chi connectivity index (χ1n) is 8.72. The number of amides is 1. The molecule has 0 aliphatic heterocycles. The van der Waals surface area contributed by atoms with Crippen LogP contribution in [-0.4, -0.2) is 41.8 Å². The van der Waals surface area contributed by atoms with E-state index in [9.17, 15) is 4.79 Å². The van der Waals surface area contributed by atoms with Crippen LogP contribution in [0.1, 0.15) is 17.4 Å². The van der Waals surface area contributed by atoms with Crippen molar-refractivity contribution in [1.29, 1.82) is 0 Å². The van der Waals surface area contributed by atoms with Crippen molar-refractivity contribution in [3.63, 3.8) is 0 Å². The van der Waals surface area contributed by atoms with Gasteiger partial charge in [-0.15, -0.1) is 0 Å².